The summed E-state index contributed by atoms with van der Waals surface area (Å²) in [7, 11) is 0. The largest absolute Gasteiger partial charge is 0.352 e. The van der Waals surface area contributed by atoms with E-state index in [0.29, 0.717) is 17.8 Å². The van der Waals surface area contributed by atoms with Gasteiger partial charge in [0.2, 0.25) is 5.91 Å². The fourth-order valence-corrected chi connectivity index (χ4v) is 1.84. The van der Waals surface area contributed by atoms with Gasteiger partial charge >= 0.3 is 0 Å². The first-order valence-electron chi connectivity index (χ1n) is 6.70. The summed E-state index contributed by atoms with van der Waals surface area (Å²) in [5.74, 6) is -0.318. The molecule has 0 radical (unpaired) electrons. The Hall–Kier alpha value is -2.69. The van der Waals surface area contributed by atoms with Crippen LogP contribution in [0.25, 0.3) is 0 Å². The van der Waals surface area contributed by atoms with Crippen molar-refractivity contribution in [1.29, 1.82) is 0 Å². The van der Waals surface area contributed by atoms with Gasteiger partial charge in [-0.15, -0.1) is 0 Å². The molecule has 0 spiro atoms. The third kappa shape index (κ3) is 4.72. The molecule has 0 bridgehead atoms. The number of carbonyl (C=O) groups is 2. The zero-order valence-corrected chi connectivity index (χ0v) is 11.8. The van der Waals surface area contributed by atoms with E-state index in [2.05, 4.69) is 15.6 Å². The molecule has 5 heteroatoms. The smallest absolute Gasteiger partial charge is 0.251 e. The normalized spacial score (nSPS) is 9.95. The van der Waals surface area contributed by atoms with Crippen molar-refractivity contribution in [3.8, 4) is 0 Å². The van der Waals surface area contributed by atoms with E-state index in [1.807, 2.05) is 25.1 Å². The lowest BCUT2D eigenvalue weighted by molar-refractivity contribution is -0.116. The molecule has 2 rings (SSSR count). The summed E-state index contributed by atoms with van der Waals surface area (Å²) < 4.78 is 0. The second kappa shape index (κ2) is 7.19. The van der Waals surface area contributed by atoms with Crippen molar-refractivity contribution in [3.05, 3.63) is 59.9 Å². The minimum Gasteiger partial charge on any atom is -0.352 e. The van der Waals surface area contributed by atoms with Gasteiger partial charge in [0.15, 0.2) is 0 Å². The van der Waals surface area contributed by atoms with Gasteiger partial charge in [-0.1, -0.05) is 17.7 Å². The summed E-state index contributed by atoms with van der Waals surface area (Å²) in [5.41, 5.74) is 2.32. The van der Waals surface area contributed by atoms with E-state index in [9.17, 15) is 9.59 Å². The summed E-state index contributed by atoms with van der Waals surface area (Å²) in [6, 6.07) is 10.7. The second-order valence-electron chi connectivity index (χ2n) is 4.66. The highest BCUT2D eigenvalue weighted by molar-refractivity contribution is 5.95. The summed E-state index contributed by atoms with van der Waals surface area (Å²) in [6.07, 6.45) is 3.43. The number of hydrogen-bond acceptors (Lipinski definition) is 3. The molecule has 1 aromatic heterocycles. The Labute approximate surface area is 123 Å². The predicted octanol–water partition coefficient (Wildman–Crippen LogP) is 2.15. The van der Waals surface area contributed by atoms with Crippen LogP contribution in [0.3, 0.4) is 0 Å². The van der Waals surface area contributed by atoms with Crippen LogP contribution in [-0.2, 0) is 4.79 Å². The lowest BCUT2D eigenvalue weighted by Crippen LogP contribution is -2.27. The number of nitrogens with one attached hydrogen (secondary N) is 2. The maximum atomic E-state index is 11.9. The molecule has 0 saturated carbocycles. The highest BCUT2D eigenvalue weighted by Crippen LogP contribution is 2.05. The molecule has 0 aliphatic heterocycles. The van der Waals surface area contributed by atoms with Crippen LogP contribution < -0.4 is 10.6 Å². The Morgan fingerprint density at radius 2 is 1.90 bits per heavy atom. The molecule has 2 N–H and O–H groups in total. The van der Waals surface area contributed by atoms with Crippen molar-refractivity contribution in [2.45, 2.75) is 13.3 Å². The molecule has 1 aromatic carbocycles. The minimum atomic E-state index is -0.171. The number of anilines is 1. The number of aromatic nitrogens is 1. The molecule has 0 saturated heterocycles. The lowest BCUT2D eigenvalue weighted by atomic mass is 10.1. The molecule has 0 atom stereocenters. The molecule has 0 unspecified atom stereocenters. The maximum Gasteiger partial charge on any atom is 0.251 e. The van der Waals surface area contributed by atoms with Gasteiger partial charge in [-0.3, -0.25) is 14.6 Å². The zero-order valence-electron chi connectivity index (χ0n) is 11.8. The molecule has 0 aliphatic rings. The van der Waals surface area contributed by atoms with Crippen molar-refractivity contribution >= 4 is 17.5 Å². The first-order chi connectivity index (χ1) is 10.1. The van der Waals surface area contributed by atoms with E-state index in [-0.39, 0.29) is 18.2 Å². The number of nitrogens with zero attached hydrogens (tertiary/aromatic N) is 1. The molecular weight excluding hydrogens is 266 g/mol. The van der Waals surface area contributed by atoms with Crippen LogP contribution >= 0.6 is 0 Å². The van der Waals surface area contributed by atoms with E-state index in [1.165, 1.54) is 0 Å². The van der Waals surface area contributed by atoms with E-state index < -0.39 is 0 Å². The van der Waals surface area contributed by atoms with E-state index in [4.69, 9.17) is 0 Å². The molecular formula is C16H17N3O2. The van der Waals surface area contributed by atoms with Crippen molar-refractivity contribution in [2.75, 3.05) is 11.9 Å². The van der Waals surface area contributed by atoms with Crippen LogP contribution in [0.1, 0.15) is 22.3 Å². The summed E-state index contributed by atoms with van der Waals surface area (Å²) in [4.78, 5) is 27.5. The van der Waals surface area contributed by atoms with Crippen molar-refractivity contribution in [2.24, 2.45) is 0 Å². The Bertz CT molecular complexity index is 626. The van der Waals surface area contributed by atoms with Crippen LogP contribution in [0.15, 0.2) is 48.8 Å². The van der Waals surface area contributed by atoms with E-state index >= 15 is 0 Å². The lowest BCUT2D eigenvalue weighted by Gasteiger charge is -2.07. The third-order valence-electron chi connectivity index (χ3n) is 2.88. The summed E-state index contributed by atoms with van der Waals surface area (Å²) in [6.45, 7) is 2.22. The fourth-order valence-electron chi connectivity index (χ4n) is 1.84. The maximum absolute atomic E-state index is 11.9. The van der Waals surface area contributed by atoms with Gasteiger partial charge < -0.3 is 10.6 Å². The average Bonchev–Trinajstić information content (AvgIpc) is 2.48. The van der Waals surface area contributed by atoms with Gasteiger partial charge in [0.1, 0.15) is 0 Å². The van der Waals surface area contributed by atoms with Crippen LogP contribution in [0.2, 0.25) is 0 Å². The van der Waals surface area contributed by atoms with Gasteiger partial charge in [-0.05, 0) is 31.2 Å². The van der Waals surface area contributed by atoms with Gasteiger partial charge in [-0.2, -0.15) is 0 Å². The SMILES string of the molecule is Cc1cccc(C(=O)NCCC(=O)Nc2ccncc2)c1. The summed E-state index contributed by atoms with van der Waals surface area (Å²) in [5, 5.41) is 5.47. The molecule has 5 nitrogen and oxygen atoms in total. The van der Waals surface area contributed by atoms with Crippen molar-refractivity contribution in [3.63, 3.8) is 0 Å². The van der Waals surface area contributed by atoms with Crippen LogP contribution in [-0.4, -0.2) is 23.3 Å². The Morgan fingerprint density at radius 3 is 2.62 bits per heavy atom. The first kappa shape index (κ1) is 14.7. The molecule has 108 valence electrons. The van der Waals surface area contributed by atoms with Crippen LogP contribution in [0.5, 0.6) is 0 Å². The molecule has 1 heterocycles. The Kier molecular flexibility index (Phi) is 5.04. The Balaban J connectivity index is 1.76. The van der Waals surface area contributed by atoms with Gasteiger partial charge in [0, 0.05) is 36.6 Å². The molecule has 2 aromatic rings. The number of aryl methyl sites for hydroxylation is 1. The highest BCUT2D eigenvalue weighted by atomic mass is 16.2. The monoisotopic (exact) mass is 283 g/mol. The Morgan fingerprint density at radius 1 is 1.14 bits per heavy atom. The van der Waals surface area contributed by atoms with Gasteiger partial charge in [0.25, 0.3) is 5.91 Å². The predicted molar refractivity (Wildman–Crippen MR) is 81.0 cm³/mol. The third-order valence-corrected chi connectivity index (χ3v) is 2.88. The minimum absolute atomic E-state index is 0.147. The number of rotatable bonds is 5. The highest BCUT2D eigenvalue weighted by Gasteiger charge is 2.06. The number of amides is 2. The average molecular weight is 283 g/mol. The topological polar surface area (TPSA) is 71.1 Å². The molecule has 0 fully saturated rings. The molecule has 2 amide bonds. The van der Waals surface area contributed by atoms with E-state index in [1.54, 1.807) is 30.6 Å². The second-order valence-corrected chi connectivity index (χ2v) is 4.66. The number of benzene rings is 1. The fraction of sp³-hybridized carbons (Fsp3) is 0.188. The zero-order chi connectivity index (χ0) is 15.1. The molecule has 0 aliphatic carbocycles. The first-order valence-corrected chi connectivity index (χ1v) is 6.70. The van der Waals surface area contributed by atoms with Gasteiger partial charge in [-0.25, -0.2) is 0 Å². The number of pyridine rings is 1. The number of carbonyl (C=O) groups excluding carboxylic acids is 2. The number of hydrogen-bond donors (Lipinski definition) is 2. The van der Waals surface area contributed by atoms with E-state index in [0.717, 1.165) is 5.56 Å². The standard InChI is InChI=1S/C16H17N3O2/c1-12-3-2-4-13(11-12)16(21)18-10-7-15(20)19-14-5-8-17-9-6-14/h2-6,8-9,11H,7,10H2,1H3,(H,18,21)(H,17,19,20). The van der Waals surface area contributed by atoms with Crippen molar-refractivity contribution in [1.82, 2.24) is 10.3 Å². The van der Waals surface area contributed by atoms with Gasteiger partial charge in [0.05, 0.1) is 0 Å². The van der Waals surface area contributed by atoms with Crippen LogP contribution in [0.4, 0.5) is 5.69 Å². The summed E-state index contributed by atoms with van der Waals surface area (Å²) >= 11 is 0. The van der Waals surface area contributed by atoms with Crippen LogP contribution in [0, 0.1) is 6.92 Å². The molecule has 21 heavy (non-hydrogen) atoms. The van der Waals surface area contributed by atoms with Crippen molar-refractivity contribution < 1.29 is 9.59 Å². The quantitative estimate of drug-likeness (QED) is 0.883.